The van der Waals surface area contributed by atoms with E-state index < -0.39 is 0 Å². The highest BCUT2D eigenvalue weighted by Crippen LogP contribution is 2.21. The summed E-state index contributed by atoms with van der Waals surface area (Å²) in [7, 11) is 0. The van der Waals surface area contributed by atoms with Gasteiger partial charge in [0.05, 0.1) is 0 Å². The van der Waals surface area contributed by atoms with Crippen molar-refractivity contribution in [2.45, 2.75) is 6.61 Å². The Morgan fingerprint density at radius 2 is 1.94 bits per heavy atom. The zero-order chi connectivity index (χ0) is 12.3. The fourth-order valence-electron chi connectivity index (χ4n) is 1.41. The van der Waals surface area contributed by atoms with Crippen molar-refractivity contribution < 1.29 is 9.13 Å². The molecule has 0 atom stereocenters. The van der Waals surface area contributed by atoms with Crippen LogP contribution in [0.2, 0.25) is 5.02 Å². The van der Waals surface area contributed by atoms with Crippen LogP contribution in [0.4, 0.5) is 10.1 Å². The zero-order valence-corrected chi connectivity index (χ0v) is 9.75. The fraction of sp³-hybridized carbons (Fsp3) is 0.0769. The number of ether oxygens (including phenoxy) is 1. The van der Waals surface area contributed by atoms with Crippen molar-refractivity contribution in [2.24, 2.45) is 0 Å². The molecule has 0 heterocycles. The lowest BCUT2D eigenvalue weighted by molar-refractivity contribution is 0.291. The van der Waals surface area contributed by atoms with Crippen LogP contribution in [0.3, 0.4) is 0 Å². The Labute approximate surface area is 104 Å². The second-order valence-corrected chi connectivity index (χ2v) is 4.00. The topological polar surface area (TPSA) is 35.2 Å². The molecule has 0 bridgehead atoms. The molecule has 0 radical (unpaired) electrons. The first-order valence-electron chi connectivity index (χ1n) is 5.08. The summed E-state index contributed by atoms with van der Waals surface area (Å²) in [4.78, 5) is 0. The maximum Gasteiger partial charge on any atom is 0.165 e. The molecule has 2 aromatic carbocycles. The molecule has 0 aromatic heterocycles. The SMILES string of the molecule is Nc1cc(Cl)ccc1COc1ccccc1F. The molecule has 88 valence electrons. The van der Waals surface area contributed by atoms with E-state index >= 15 is 0 Å². The summed E-state index contributed by atoms with van der Waals surface area (Å²) in [5, 5.41) is 0.567. The Bertz CT molecular complexity index is 531. The van der Waals surface area contributed by atoms with Crippen LogP contribution in [0.25, 0.3) is 0 Å². The summed E-state index contributed by atoms with van der Waals surface area (Å²) < 4.78 is 18.6. The minimum atomic E-state index is -0.389. The van der Waals surface area contributed by atoms with E-state index in [-0.39, 0.29) is 18.2 Å². The van der Waals surface area contributed by atoms with E-state index in [0.717, 1.165) is 5.56 Å². The molecule has 2 rings (SSSR count). The van der Waals surface area contributed by atoms with Crippen molar-refractivity contribution >= 4 is 17.3 Å². The zero-order valence-electron chi connectivity index (χ0n) is 8.99. The summed E-state index contributed by atoms with van der Waals surface area (Å²) >= 11 is 5.78. The first-order chi connectivity index (χ1) is 8.16. The van der Waals surface area contributed by atoms with E-state index in [4.69, 9.17) is 22.1 Å². The van der Waals surface area contributed by atoms with Crippen molar-refractivity contribution in [3.8, 4) is 5.75 Å². The van der Waals surface area contributed by atoms with Crippen LogP contribution in [0.5, 0.6) is 5.75 Å². The first kappa shape index (κ1) is 11.7. The number of para-hydroxylation sites is 1. The molecule has 0 spiro atoms. The highest BCUT2D eigenvalue weighted by atomic mass is 35.5. The van der Waals surface area contributed by atoms with E-state index in [1.807, 2.05) is 0 Å². The third-order valence-electron chi connectivity index (χ3n) is 2.33. The van der Waals surface area contributed by atoms with Gasteiger partial charge in [0, 0.05) is 16.3 Å². The van der Waals surface area contributed by atoms with Gasteiger partial charge in [-0.1, -0.05) is 29.8 Å². The van der Waals surface area contributed by atoms with Gasteiger partial charge >= 0.3 is 0 Å². The smallest absolute Gasteiger partial charge is 0.165 e. The molecular formula is C13H11ClFNO. The molecule has 0 fully saturated rings. The number of nitrogens with two attached hydrogens (primary N) is 1. The Kier molecular flexibility index (Phi) is 3.49. The van der Waals surface area contributed by atoms with Crippen molar-refractivity contribution in [1.29, 1.82) is 0 Å². The predicted molar refractivity (Wildman–Crippen MR) is 66.6 cm³/mol. The van der Waals surface area contributed by atoms with Gasteiger partial charge in [-0.2, -0.15) is 0 Å². The predicted octanol–water partition coefficient (Wildman–Crippen LogP) is 3.64. The van der Waals surface area contributed by atoms with E-state index in [9.17, 15) is 4.39 Å². The largest absolute Gasteiger partial charge is 0.486 e. The lowest BCUT2D eigenvalue weighted by atomic mass is 10.2. The molecule has 0 aliphatic carbocycles. The monoisotopic (exact) mass is 251 g/mol. The maximum absolute atomic E-state index is 13.3. The lowest BCUT2D eigenvalue weighted by Crippen LogP contribution is -2.01. The molecule has 17 heavy (non-hydrogen) atoms. The molecule has 0 saturated carbocycles. The third-order valence-corrected chi connectivity index (χ3v) is 2.56. The van der Waals surface area contributed by atoms with Crippen molar-refractivity contribution in [3.63, 3.8) is 0 Å². The summed E-state index contributed by atoms with van der Waals surface area (Å²) in [6.07, 6.45) is 0. The van der Waals surface area contributed by atoms with Crippen LogP contribution in [0.15, 0.2) is 42.5 Å². The summed E-state index contributed by atoms with van der Waals surface area (Å²) in [6.45, 7) is 0.212. The van der Waals surface area contributed by atoms with Crippen LogP contribution in [0, 0.1) is 5.82 Å². The number of anilines is 1. The van der Waals surface area contributed by atoms with Crippen LogP contribution in [-0.2, 0) is 6.61 Å². The van der Waals surface area contributed by atoms with E-state index in [2.05, 4.69) is 0 Å². The van der Waals surface area contributed by atoms with Gasteiger partial charge in [-0.05, 0) is 24.3 Å². The van der Waals surface area contributed by atoms with Gasteiger partial charge in [0.25, 0.3) is 0 Å². The van der Waals surface area contributed by atoms with Gasteiger partial charge in [0.15, 0.2) is 11.6 Å². The van der Waals surface area contributed by atoms with Crippen LogP contribution >= 0.6 is 11.6 Å². The summed E-state index contributed by atoms with van der Waals surface area (Å²) in [6, 6.07) is 11.4. The molecule has 0 amide bonds. The van der Waals surface area contributed by atoms with E-state index in [1.54, 1.807) is 36.4 Å². The molecule has 0 saturated heterocycles. The van der Waals surface area contributed by atoms with Crippen molar-refractivity contribution in [1.82, 2.24) is 0 Å². The third kappa shape index (κ3) is 2.88. The molecule has 0 aliphatic heterocycles. The Morgan fingerprint density at radius 1 is 1.18 bits per heavy atom. The van der Waals surface area contributed by atoms with Gasteiger partial charge in [0.2, 0.25) is 0 Å². The van der Waals surface area contributed by atoms with Gasteiger partial charge < -0.3 is 10.5 Å². The number of halogens is 2. The second-order valence-electron chi connectivity index (χ2n) is 3.56. The number of nitrogen functional groups attached to an aromatic ring is 1. The number of hydrogen-bond acceptors (Lipinski definition) is 2. The normalized spacial score (nSPS) is 10.2. The molecule has 0 aliphatic rings. The number of hydrogen-bond donors (Lipinski definition) is 1. The van der Waals surface area contributed by atoms with Crippen LogP contribution in [0.1, 0.15) is 5.56 Å². The molecule has 0 unspecified atom stereocenters. The van der Waals surface area contributed by atoms with Gasteiger partial charge in [-0.3, -0.25) is 0 Å². The molecule has 4 heteroatoms. The van der Waals surface area contributed by atoms with E-state index in [0.29, 0.717) is 10.7 Å². The first-order valence-corrected chi connectivity index (χ1v) is 5.46. The highest BCUT2D eigenvalue weighted by molar-refractivity contribution is 6.30. The molecule has 2 nitrogen and oxygen atoms in total. The van der Waals surface area contributed by atoms with Gasteiger partial charge in [-0.25, -0.2) is 4.39 Å². The van der Waals surface area contributed by atoms with Crippen molar-refractivity contribution in [3.05, 3.63) is 58.9 Å². The number of benzene rings is 2. The standard InChI is InChI=1S/C13H11ClFNO/c14-10-6-5-9(12(16)7-10)8-17-13-4-2-1-3-11(13)15/h1-7H,8,16H2. The fourth-order valence-corrected chi connectivity index (χ4v) is 1.60. The highest BCUT2D eigenvalue weighted by Gasteiger charge is 2.04. The van der Waals surface area contributed by atoms with E-state index in [1.165, 1.54) is 6.07 Å². The Balaban J connectivity index is 2.10. The quantitative estimate of drug-likeness (QED) is 0.846. The minimum absolute atomic E-state index is 0.210. The van der Waals surface area contributed by atoms with Crippen LogP contribution < -0.4 is 10.5 Å². The molecular weight excluding hydrogens is 241 g/mol. The second kappa shape index (κ2) is 5.06. The molecule has 2 aromatic rings. The Hall–Kier alpha value is -1.74. The molecule has 2 N–H and O–H groups in total. The van der Waals surface area contributed by atoms with Gasteiger partial charge in [-0.15, -0.1) is 0 Å². The maximum atomic E-state index is 13.3. The summed E-state index contributed by atoms with van der Waals surface area (Å²) in [5.74, 6) is -0.179. The summed E-state index contributed by atoms with van der Waals surface area (Å²) in [5.41, 5.74) is 7.08. The average Bonchev–Trinajstić information content (AvgIpc) is 2.30. The van der Waals surface area contributed by atoms with Crippen molar-refractivity contribution in [2.75, 3.05) is 5.73 Å². The van der Waals surface area contributed by atoms with Crippen LogP contribution in [-0.4, -0.2) is 0 Å². The lowest BCUT2D eigenvalue weighted by Gasteiger charge is -2.09. The Morgan fingerprint density at radius 3 is 2.65 bits per heavy atom. The number of rotatable bonds is 3. The average molecular weight is 252 g/mol. The van der Waals surface area contributed by atoms with Gasteiger partial charge in [0.1, 0.15) is 6.61 Å². The minimum Gasteiger partial charge on any atom is -0.486 e.